The summed E-state index contributed by atoms with van der Waals surface area (Å²) >= 11 is 0. The van der Waals surface area contributed by atoms with Crippen LogP contribution in [0.3, 0.4) is 0 Å². The number of nitrogens with zero attached hydrogens (tertiary/aromatic N) is 2. The lowest BCUT2D eigenvalue weighted by atomic mass is 10.0. The standard InChI is InChI=1S/C11H21N3O/c1-5-9(12)10-6-13-8-14(10)11(2,3)7-15-4/h6,8-9H,5,7,12H2,1-4H3/t9-/m1/s1. The molecule has 1 atom stereocenters. The van der Waals surface area contributed by atoms with Gasteiger partial charge < -0.3 is 15.0 Å². The van der Waals surface area contributed by atoms with Gasteiger partial charge in [-0.25, -0.2) is 4.98 Å². The highest BCUT2D eigenvalue weighted by atomic mass is 16.5. The third-order valence-corrected chi connectivity index (χ3v) is 2.64. The van der Waals surface area contributed by atoms with E-state index in [9.17, 15) is 0 Å². The van der Waals surface area contributed by atoms with Crippen LogP contribution in [0.25, 0.3) is 0 Å². The van der Waals surface area contributed by atoms with Crippen molar-refractivity contribution < 1.29 is 4.74 Å². The number of imidazole rings is 1. The molecular formula is C11H21N3O. The van der Waals surface area contributed by atoms with Crippen molar-refractivity contribution in [1.82, 2.24) is 9.55 Å². The van der Waals surface area contributed by atoms with E-state index in [-0.39, 0.29) is 11.6 Å². The molecule has 0 unspecified atom stereocenters. The summed E-state index contributed by atoms with van der Waals surface area (Å²) in [6, 6.07) is 0.0450. The van der Waals surface area contributed by atoms with Gasteiger partial charge in [0.25, 0.3) is 0 Å². The van der Waals surface area contributed by atoms with Gasteiger partial charge in [-0.1, -0.05) is 6.92 Å². The highest BCUT2D eigenvalue weighted by Gasteiger charge is 2.24. The molecular weight excluding hydrogens is 190 g/mol. The molecule has 0 aliphatic heterocycles. The summed E-state index contributed by atoms with van der Waals surface area (Å²) in [5.41, 5.74) is 7.00. The second-order valence-electron chi connectivity index (χ2n) is 4.45. The van der Waals surface area contributed by atoms with E-state index in [4.69, 9.17) is 10.5 Å². The van der Waals surface area contributed by atoms with E-state index in [0.717, 1.165) is 12.1 Å². The topological polar surface area (TPSA) is 53.1 Å². The van der Waals surface area contributed by atoms with Gasteiger partial charge in [-0.15, -0.1) is 0 Å². The van der Waals surface area contributed by atoms with E-state index in [1.165, 1.54) is 0 Å². The molecule has 0 aliphatic rings. The third kappa shape index (κ3) is 2.58. The monoisotopic (exact) mass is 211 g/mol. The Morgan fingerprint density at radius 2 is 2.27 bits per heavy atom. The highest BCUT2D eigenvalue weighted by Crippen LogP contribution is 2.22. The summed E-state index contributed by atoms with van der Waals surface area (Å²) in [5.74, 6) is 0. The number of hydrogen-bond donors (Lipinski definition) is 1. The Bertz CT molecular complexity index is 307. The minimum atomic E-state index is -0.104. The predicted octanol–water partition coefficient (Wildman–Crippen LogP) is 1.67. The van der Waals surface area contributed by atoms with Crippen molar-refractivity contribution in [2.75, 3.05) is 13.7 Å². The molecule has 1 heterocycles. The minimum Gasteiger partial charge on any atom is -0.382 e. The van der Waals surface area contributed by atoms with E-state index in [2.05, 4.69) is 30.3 Å². The largest absolute Gasteiger partial charge is 0.382 e. The molecule has 2 N–H and O–H groups in total. The van der Waals surface area contributed by atoms with Crippen molar-refractivity contribution in [3.63, 3.8) is 0 Å². The maximum Gasteiger partial charge on any atom is 0.0954 e. The molecule has 0 radical (unpaired) electrons. The van der Waals surface area contributed by atoms with Gasteiger partial charge in [0, 0.05) is 19.3 Å². The van der Waals surface area contributed by atoms with Crippen molar-refractivity contribution in [1.29, 1.82) is 0 Å². The van der Waals surface area contributed by atoms with Crippen LogP contribution in [0.15, 0.2) is 12.5 Å². The van der Waals surface area contributed by atoms with Crippen molar-refractivity contribution in [2.24, 2.45) is 5.73 Å². The van der Waals surface area contributed by atoms with E-state index in [1.54, 1.807) is 7.11 Å². The van der Waals surface area contributed by atoms with E-state index in [0.29, 0.717) is 6.61 Å². The highest BCUT2D eigenvalue weighted by molar-refractivity contribution is 5.07. The minimum absolute atomic E-state index is 0.0450. The second kappa shape index (κ2) is 4.77. The number of ether oxygens (including phenoxy) is 1. The van der Waals surface area contributed by atoms with Crippen LogP contribution in [0.5, 0.6) is 0 Å². The van der Waals surface area contributed by atoms with E-state index >= 15 is 0 Å². The molecule has 0 amide bonds. The molecule has 15 heavy (non-hydrogen) atoms. The zero-order valence-electron chi connectivity index (χ0n) is 10.0. The fourth-order valence-electron chi connectivity index (χ4n) is 1.72. The van der Waals surface area contributed by atoms with E-state index in [1.807, 2.05) is 12.5 Å². The quantitative estimate of drug-likeness (QED) is 0.806. The third-order valence-electron chi connectivity index (χ3n) is 2.64. The summed E-state index contributed by atoms with van der Waals surface area (Å²) in [6.07, 6.45) is 4.57. The fraction of sp³-hybridized carbons (Fsp3) is 0.727. The molecule has 1 aromatic heterocycles. The maximum absolute atomic E-state index is 6.03. The Kier molecular flexibility index (Phi) is 3.88. The SMILES string of the molecule is CC[C@@H](N)c1cncn1C(C)(C)COC. The van der Waals surface area contributed by atoms with Gasteiger partial charge in [-0.05, 0) is 20.3 Å². The number of hydrogen-bond acceptors (Lipinski definition) is 3. The van der Waals surface area contributed by atoms with Crippen LogP contribution in [0.1, 0.15) is 38.9 Å². The van der Waals surface area contributed by atoms with Crippen LogP contribution in [-0.2, 0) is 10.3 Å². The van der Waals surface area contributed by atoms with Gasteiger partial charge in [-0.2, -0.15) is 0 Å². The van der Waals surface area contributed by atoms with Gasteiger partial charge in [0.05, 0.1) is 24.2 Å². The summed E-state index contributed by atoms with van der Waals surface area (Å²) in [4.78, 5) is 4.17. The van der Waals surface area contributed by atoms with Gasteiger partial charge in [0.2, 0.25) is 0 Å². The summed E-state index contributed by atoms with van der Waals surface area (Å²) in [6.45, 7) is 6.95. The van der Waals surface area contributed by atoms with Gasteiger partial charge in [0.15, 0.2) is 0 Å². The Hall–Kier alpha value is -0.870. The molecule has 0 aliphatic carbocycles. The molecule has 1 rings (SSSR count). The first-order valence-corrected chi connectivity index (χ1v) is 5.30. The van der Waals surface area contributed by atoms with Gasteiger partial charge >= 0.3 is 0 Å². The molecule has 0 spiro atoms. The molecule has 86 valence electrons. The van der Waals surface area contributed by atoms with Crippen LogP contribution in [0, 0.1) is 0 Å². The zero-order chi connectivity index (χ0) is 11.5. The molecule has 4 heteroatoms. The molecule has 0 fully saturated rings. The molecule has 4 nitrogen and oxygen atoms in total. The number of rotatable bonds is 5. The van der Waals surface area contributed by atoms with E-state index < -0.39 is 0 Å². The predicted molar refractivity (Wildman–Crippen MR) is 60.6 cm³/mol. The number of methoxy groups -OCH3 is 1. The molecule has 0 aromatic carbocycles. The molecule has 0 saturated heterocycles. The average molecular weight is 211 g/mol. The Morgan fingerprint density at radius 3 is 2.80 bits per heavy atom. The molecule has 1 aromatic rings. The van der Waals surface area contributed by atoms with Crippen molar-refractivity contribution in [2.45, 2.75) is 38.8 Å². The Balaban J connectivity index is 2.98. The normalized spacial score (nSPS) is 14.2. The second-order valence-corrected chi connectivity index (χ2v) is 4.45. The van der Waals surface area contributed by atoms with Crippen LogP contribution in [0.4, 0.5) is 0 Å². The maximum atomic E-state index is 6.03. The first-order valence-electron chi connectivity index (χ1n) is 5.30. The summed E-state index contributed by atoms with van der Waals surface area (Å²) in [5, 5.41) is 0. The van der Waals surface area contributed by atoms with Crippen molar-refractivity contribution in [3.8, 4) is 0 Å². The molecule has 0 bridgehead atoms. The lowest BCUT2D eigenvalue weighted by Crippen LogP contribution is -2.33. The number of nitrogens with two attached hydrogens (primary N) is 1. The van der Waals surface area contributed by atoms with Crippen molar-refractivity contribution >= 4 is 0 Å². The molecule has 0 saturated carbocycles. The first kappa shape index (κ1) is 12.2. The lowest BCUT2D eigenvalue weighted by Gasteiger charge is -2.29. The first-order chi connectivity index (χ1) is 7.03. The smallest absolute Gasteiger partial charge is 0.0954 e. The summed E-state index contributed by atoms with van der Waals surface area (Å²) in [7, 11) is 1.71. The van der Waals surface area contributed by atoms with Crippen LogP contribution in [0.2, 0.25) is 0 Å². The average Bonchev–Trinajstić information content (AvgIpc) is 2.65. The summed E-state index contributed by atoms with van der Waals surface area (Å²) < 4.78 is 7.31. The number of aromatic nitrogens is 2. The van der Waals surface area contributed by atoms with Gasteiger partial charge in [-0.3, -0.25) is 0 Å². The Labute approximate surface area is 91.4 Å². The van der Waals surface area contributed by atoms with Crippen LogP contribution >= 0.6 is 0 Å². The van der Waals surface area contributed by atoms with Crippen LogP contribution < -0.4 is 5.73 Å². The zero-order valence-corrected chi connectivity index (χ0v) is 10.0. The van der Waals surface area contributed by atoms with Crippen molar-refractivity contribution in [3.05, 3.63) is 18.2 Å². The lowest BCUT2D eigenvalue weighted by molar-refractivity contribution is 0.107. The Morgan fingerprint density at radius 1 is 1.60 bits per heavy atom. The van der Waals surface area contributed by atoms with Gasteiger partial charge in [0.1, 0.15) is 0 Å². The fourth-order valence-corrected chi connectivity index (χ4v) is 1.72. The van der Waals surface area contributed by atoms with Crippen LogP contribution in [-0.4, -0.2) is 23.3 Å².